The van der Waals surface area contributed by atoms with E-state index in [2.05, 4.69) is 24.0 Å². The Morgan fingerprint density at radius 1 is 0.968 bits per heavy atom. The second-order valence-corrected chi connectivity index (χ2v) is 9.06. The summed E-state index contributed by atoms with van der Waals surface area (Å²) in [4.78, 5) is 32.9. The van der Waals surface area contributed by atoms with Gasteiger partial charge in [0.15, 0.2) is 0 Å². The van der Waals surface area contributed by atoms with Gasteiger partial charge in [-0.25, -0.2) is 4.79 Å². The van der Waals surface area contributed by atoms with Crippen molar-refractivity contribution in [2.45, 2.75) is 64.1 Å². The molecule has 2 saturated heterocycles. The minimum Gasteiger partial charge on any atom is -0.465 e. The zero-order chi connectivity index (χ0) is 21.6. The molecule has 0 N–H and O–H groups in total. The van der Waals surface area contributed by atoms with Crippen molar-refractivity contribution in [1.82, 2.24) is 14.7 Å². The number of amides is 3. The number of furan rings is 1. The molecule has 0 unspecified atom stereocenters. The van der Waals surface area contributed by atoms with E-state index in [4.69, 9.17) is 4.42 Å². The van der Waals surface area contributed by atoms with Crippen LogP contribution in [0.2, 0.25) is 0 Å². The van der Waals surface area contributed by atoms with Crippen molar-refractivity contribution < 1.29 is 14.0 Å². The van der Waals surface area contributed by atoms with Crippen LogP contribution in [0.15, 0.2) is 40.8 Å². The first-order valence-corrected chi connectivity index (χ1v) is 11.6. The number of benzene rings is 1. The van der Waals surface area contributed by atoms with Gasteiger partial charge in [-0.3, -0.25) is 14.6 Å². The molecule has 1 aromatic heterocycles. The van der Waals surface area contributed by atoms with E-state index in [1.807, 2.05) is 36.1 Å². The number of likely N-dealkylation sites (tertiary alicyclic amines) is 1. The molecular formula is C25H31N3O3. The number of hydrogen-bond acceptors (Lipinski definition) is 4. The molecule has 1 spiro atoms. The Morgan fingerprint density at radius 2 is 1.61 bits per heavy atom. The van der Waals surface area contributed by atoms with Crippen LogP contribution in [-0.4, -0.2) is 57.9 Å². The van der Waals surface area contributed by atoms with Gasteiger partial charge in [-0.2, -0.15) is 0 Å². The summed E-state index contributed by atoms with van der Waals surface area (Å²) in [5.41, 5.74) is 1.84. The largest absolute Gasteiger partial charge is 0.465 e. The maximum atomic E-state index is 13.7. The lowest BCUT2D eigenvalue weighted by atomic mass is 9.85. The van der Waals surface area contributed by atoms with E-state index < -0.39 is 5.54 Å². The van der Waals surface area contributed by atoms with Crippen LogP contribution in [-0.2, 0) is 30.6 Å². The molecule has 2 fully saturated rings. The average Bonchev–Trinajstić information content (AvgIpc) is 3.46. The second-order valence-electron chi connectivity index (χ2n) is 9.06. The molecule has 2 aromatic rings. The van der Waals surface area contributed by atoms with E-state index in [0.29, 0.717) is 19.4 Å². The first-order chi connectivity index (χ1) is 15.1. The van der Waals surface area contributed by atoms with Crippen LogP contribution < -0.4 is 0 Å². The van der Waals surface area contributed by atoms with Crippen molar-refractivity contribution in [1.29, 1.82) is 0 Å². The SMILES string of the molecule is CCc1ccc(CN2CCC3(CC2)C(=O)N(C2Cc4ccccc4C2)C(=O)N3CC)o1. The average molecular weight is 422 g/mol. The summed E-state index contributed by atoms with van der Waals surface area (Å²) in [5.74, 6) is 1.99. The molecule has 31 heavy (non-hydrogen) atoms. The van der Waals surface area contributed by atoms with Crippen LogP contribution in [0.3, 0.4) is 0 Å². The van der Waals surface area contributed by atoms with Crippen molar-refractivity contribution >= 4 is 11.9 Å². The van der Waals surface area contributed by atoms with Gasteiger partial charge in [0.2, 0.25) is 0 Å². The summed E-state index contributed by atoms with van der Waals surface area (Å²) < 4.78 is 5.87. The molecule has 0 radical (unpaired) electrons. The number of aryl methyl sites for hydroxylation is 1. The maximum absolute atomic E-state index is 13.7. The summed E-state index contributed by atoms with van der Waals surface area (Å²) in [7, 11) is 0. The minimum atomic E-state index is -0.686. The number of piperidine rings is 1. The van der Waals surface area contributed by atoms with Crippen molar-refractivity contribution in [2.24, 2.45) is 0 Å². The molecule has 3 heterocycles. The molecule has 6 heteroatoms. The third kappa shape index (κ3) is 3.28. The lowest BCUT2D eigenvalue weighted by Gasteiger charge is -2.41. The van der Waals surface area contributed by atoms with Crippen LogP contribution in [0.5, 0.6) is 0 Å². The predicted octanol–water partition coefficient (Wildman–Crippen LogP) is 3.63. The quantitative estimate of drug-likeness (QED) is 0.692. The summed E-state index contributed by atoms with van der Waals surface area (Å²) in [6.45, 7) is 6.98. The summed E-state index contributed by atoms with van der Waals surface area (Å²) in [6.07, 6.45) is 3.80. The number of rotatable bonds is 5. The molecule has 1 aromatic carbocycles. The smallest absolute Gasteiger partial charge is 0.327 e. The summed E-state index contributed by atoms with van der Waals surface area (Å²) in [5, 5.41) is 0. The number of nitrogens with zero attached hydrogens (tertiary/aromatic N) is 3. The van der Waals surface area contributed by atoms with Crippen molar-refractivity contribution in [2.75, 3.05) is 19.6 Å². The van der Waals surface area contributed by atoms with E-state index in [9.17, 15) is 9.59 Å². The number of urea groups is 1. The minimum absolute atomic E-state index is 0.0167. The Hall–Kier alpha value is -2.60. The highest BCUT2D eigenvalue weighted by Gasteiger charge is 2.59. The van der Waals surface area contributed by atoms with E-state index in [1.54, 1.807) is 4.90 Å². The molecule has 0 atom stereocenters. The van der Waals surface area contributed by atoms with Gasteiger partial charge in [0.1, 0.15) is 17.1 Å². The van der Waals surface area contributed by atoms with Crippen LogP contribution in [0.4, 0.5) is 4.79 Å². The fourth-order valence-electron chi connectivity index (χ4n) is 5.70. The monoisotopic (exact) mass is 421 g/mol. The fraction of sp³-hybridized carbons (Fsp3) is 0.520. The summed E-state index contributed by atoms with van der Waals surface area (Å²) >= 11 is 0. The van der Waals surface area contributed by atoms with Gasteiger partial charge in [-0.05, 0) is 55.9 Å². The van der Waals surface area contributed by atoms with Gasteiger partial charge in [0, 0.05) is 32.1 Å². The van der Waals surface area contributed by atoms with E-state index >= 15 is 0 Å². The lowest BCUT2D eigenvalue weighted by Crippen LogP contribution is -2.56. The number of carbonyl (C=O) groups is 2. The van der Waals surface area contributed by atoms with Gasteiger partial charge in [0.05, 0.1) is 6.54 Å². The molecule has 0 saturated carbocycles. The topological polar surface area (TPSA) is 57.0 Å². The Balaban J connectivity index is 1.31. The predicted molar refractivity (Wildman–Crippen MR) is 118 cm³/mol. The van der Waals surface area contributed by atoms with Crippen molar-refractivity contribution in [3.05, 3.63) is 59.0 Å². The highest BCUT2D eigenvalue weighted by molar-refractivity contribution is 6.07. The van der Waals surface area contributed by atoms with Gasteiger partial charge < -0.3 is 9.32 Å². The molecule has 6 nitrogen and oxygen atoms in total. The van der Waals surface area contributed by atoms with Crippen molar-refractivity contribution in [3.8, 4) is 0 Å². The van der Waals surface area contributed by atoms with Crippen LogP contribution in [0.25, 0.3) is 0 Å². The number of carbonyl (C=O) groups excluding carboxylic acids is 2. The molecule has 0 bridgehead atoms. The maximum Gasteiger partial charge on any atom is 0.327 e. The Kier molecular flexibility index (Phi) is 5.13. The Labute approximate surface area is 183 Å². The van der Waals surface area contributed by atoms with E-state index in [1.165, 1.54) is 11.1 Å². The van der Waals surface area contributed by atoms with E-state index in [0.717, 1.165) is 50.4 Å². The first kappa shape index (κ1) is 20.3. The van der Waals surface area contributed by atoms with Crippen LogP contribution in [0.1, 0.15) is 49.3 Å². The second kappa shape index (κ2) is 7.83. The highest BCUT2D eigenvalue weighted by atomic mass is 16.3. The first-order valence-electron chi connectivity index (χ1n) is 11.6. The summed E-state index contributed by atoms with van der Waals surface area (Å²) in [6, 6.07) is 12.2. The number of likely N-dealkylation sites (N-methyl/N-ethyl adjacent to an activating group) is 1. The molecule has 3 aliphatic rings. The molecular weight excluding hydrogens is 390 g/mol. The molecule has 1 aliphatic carbocycles. The van der Waals surface area contributed by atoms with Crippen LogP contribution in [0, 0.1) is 0 Å². The third-order valence-corrected chi connectivity index (χ3v) is 7.41. The fourth-order valence-corrected chi connectivity index (χ4v) is 5.70. The van der Waals surface area contributed by atoms with Gasteiger partial charge in [0.25, 0.3) is 5.91 Å². The zero-order valence-corrected chi connectivity index (χ0v) is 18.5. The van der Waals surface area contributed by atoms with Gasteiger partial charge >= 0.3 is 6.03 Å². The third-order valence-electron chi connectivity index (χ3n) is 7.41. The lowest BCUT2D eigenvalue weighted by molar-refractivity contribution is -0.137. The Bertz CT molecular complexity index is 964. The normalized spacial score (nSPS) is 21.5. The zero-order valence-electron chi connectivity index (χ0n) is 18.5. The standard InChI is InChI=1S/C25H31N3O3/c1-3-21-9-10-22(31-21)17-26-13-11-25(12-14-26)23(29)28(24(30)27(25)4-2)20-15-18-7-5-6-8-19(18)16-20/h5-10,20H,3-4,11-17H2,1-2H3. The molecule has 5 rings (SSSR count). The number of hydrogen-bond donors (Lipinski definition) is 0. The Morgan fingerprint density at radius 3 is 2.19 bits per heavy atom. The molecule has 2 aliphatic heterocycles. The number of fused-ring (bicyclic) bond motifs is 1. The van der Waals surface area contributed by atoms with Gasteiger partial charge in [-0.1, -0.05) is 31.2 Å². The molecule has 164 valence electrons. The highest BCUT2D eigenvalue weighted by Crippen LogP contribution is 2.40. The van der Waals surface area contributed by atoms with Crippen LogP contribution >= 0.6 is 0 Å². The van der Waals surface area contributed by atoms with Crippen molar-refractivity contribution in [3.63, 3.8) is 0 Å². The number of imide groups is 1. The molecule has 3 amide bonds. The van der Waals surface area contributed by atoms with E-state index in [-0.39, 0.29) is 18.0 Å². The van der Waals surface area contributed by atoms with Gasteiger partial charge in [-0.15, -0.1) is 0 Å².